The van der Waals surface area contributed by atoms with Gasteiger partial charge in [-0.25, -0.2) is 14.5 Å². The van der Waals surface area contributed by atoms with Crippen molar-refractivity contribution >= 4 is 34.2 Å². The van der Waals surface area contributed by atoms with E-state index in [1.165, 1.54) is 12.3 Å². The third kappa shape index (κ3) is 4.29. The van der Waals surface area contributed by atoms with Gasteiger partial charge >= 0.3 is 6.30 Å². The maximum Gasteiger partial charge on any atom is 0.493 e. The molecule has 2 N–H and O–H groups in total. The Balaban J connectivity index is 1.88. The zero-order valence-corrected chi connectivity index (χ0v) is 20.7. The third-order valence-electron chi connectivity index (χ3n) is 6.22. The molecule has 0 fully saturated rings. The first-order chi connectivity index (χ1) is 17.5. The molecule has 0 spiro atoms. The van der Waals surface area contributed by atoms with Crippen LogP contribution >= 0.6 is 23.2 Å². The van der Waals surface area contributed by atoms with E-state index in [2.05, 4.69) is 9.97 Å². The summed E-state index contributed by atoms with van der Waals surface area (Å²) in [5.74, 6) is 0. The molecule has 0 aliphatic heterocycles. The molecule has 5 aromatic rings. The van der Waals surface area contributed by atoms with E-state index in [-0.39, 0.29) is 15.5 Å². The lowest BCUT2D eigenvalue weighted by molar-refractivity contribution is -0.203. The van der Waals surface area contributed by atoms with Gasteiger partial charge in [0.15, 0.2) is 5.65 Å². The summed E-state index contributed by atoms with van der Waals surface area (Å²) in [7, 11) is 1.76. The molecule has 2 aromatic carbocycles. The molecule has 0 radical (unpaired) electrons. The van der Waals surface area contributed by atoms with Crippen LogP contribution in [0, 0.1) is 0 Å². The summed E-state index contributed by atoms with van der Waals surface area (Å²) in [6.07, 6.45) is -0.602. The highest BCUT2D eigenvalue weighted by Crippen LogP contribution is 2.38. The van der Waals surface area contributed by atoms with Gasteiger partial charge in [0.25, 0.3) is 5.56 Å². The summed E-state index contributed by atoms with van der Waals surface area (Å²) in [5.41, 5.74) is 6.10. The molecular weight excluding hydrogens is 526 g/mol. The smallest absolute Gasteiger partial charge is 0.336 e. The second-order valence-electron chi connectivity index (χ2n) is 8.51. The molecule has 37 heavy (non-hydrogen) atoms. The van der Waals surface area contributed by atoms with Crippen LogP contribution in [0.25, 0.3) is 22.2 Å². The van der Waals surface area contributed by atoms with Crippen molar-refractivity contribution in [2.75, 3.05) is 0 Å². The van der Waals surface area contributed by atoms with Gasteiger partial charge in [0.05, 0.1) is 18.2 Å². The van der Waals surface area contributed by atoms with Crippen LogP contribution in [-0.4, -0.2) is 19.1 Å². The molecule has 3 heterocycles. The van der Waals surface area contributed by atoms with E-state index in [0.29, 0.717) is 32.4 Å². The minimum Gasteiger partial charge on any atom is -0.336 e. The Kier molecular flexibility index (Phi) is 6.10. The normalized spacial score (nSPS) is 13.6. The predicted octanol–water partition coefficient (Wildman–Crippen LogP) is 5.83. The third-order valence-corrected chi connectivity index (χ3v) is 6.71. The molecular formula is C26H18Cl2F3N5O. The molecule has 3 aromatic heterocycles. The molecule has 1 atom stereocenters. The first kappa shape index (κ1) is 25.0. The van der Waals surface area contributed by atoms with Gasteiger partial charge in [-0.3, -0.25) is 4.79 Å². The largest absolute Gasteiger partial charge is 0.493 e. The van der Waals surface area contributed by atoms with Crippen LogP contribution in [0.2, 0.25) is 10.0 Å². The second-order valence-corrected chi connectivity index (χ2v) is 9.38. The van der Waals surface area contributed by atoms with Crippen molar-refractivity contribution < 1.29 is 13.2 Å². The molecule has 0 unspecified atom stereocenters. The quantitative estimate of drug-likeness (QED) is 0.309. The number of nitrogens with two attached hydrogens (primary N) is 1. The van der Waals surface area contributed by atoms with E-state index in [9.17, 15) is 18.0 Å². The summed E-state index contributed by atoms with van der Waals surface area (Å²) in [4.78, 5) is 21.0. The van der Waals surface area contributed by atoms with E-state index >= 15 is 0 Å². The summed E-state index contributed by atoms with van der Waals surface area (Å²) < 4.78 is 43.3. The molecule has 0 amide bonds. The van der Waals surface area contributed by atoms with Crippen LogP contribution in [0.1, 0.15) is 16.8 Å². The highest BCUT2D eigenvalue weighted by molar-refractivity contribution is 6.31. The lowest BCUT2D eigenvalue weighted by Gasteiger charge is -2.31. The maximum absolute atomic E-state index is 13.9. The monoisotopic (exact) mass is 543 g/mol. The van der Waals surface area contributed by atoms with Gasteiger partial charge < -0.3 is 10.3 Å². The number of hydrogen-bond acceptors (Lipinski definition) is 4. The number of rotatable bonds is 4. The Morgan fingerprint density at radius 3 is 2.27 bits per heavy atom. The molecule has 6 nitrogen and oxygen atoms in total. The fourth-order valence-corrected chi connectivity index (χ4v) is 4.79. The van der Waals surface area contributed by atoms with Gasteiger partial charge in [-0.15, -0.1) is 13.2 Å². The zero-order chi connectivity index (χ0) is 26.5. The summed E-state index contributed by atoms with van der Waals surface area (Å²) in [6.45, 7) is 0. The Morgan fingerprint density at radius 2 is 1.65 bits per heavy atom. The fourth-order valence-electron chi connectivity index (χ4n) is 4.47. The average molecular weight is 544 g/mol. The van der Waals surface area contributed by atoms with E-state index in [4.69, 9.17) is 28.9 Å². The van der Waals surface area contributed by atoms with Crippen LogP contribution < -0.4 is 11.3 Å². The summed E-state index contributed by atoms with van der Waals surface area (Å²) >= 11 is 12.2. The number of halogens is 5. The fraction of sp³-hybridized carbons (Fsp3) is 0.115. The first-order valence-corrected chi connectivity index (χ1v) is 11.7. The van der Waals surface area contributed by atoms with Crippen molar-refractivity contribution in [2.24, 2.45) is 12.8 Å². The van der Waals surface area contributed by atoms with Crippen molar-refractivity contribution in [1.82, 2.24) is 19.1 Å². The maximum atomic E-state index is 13.9. The molecule has 0 saturated carbocycles. The number of aromatic nitrogens is 4. The molecule has 0 bridgehead atoms. The lowest BCUT2D eigenvalue weighted by atomic mass is 9.81. The number of fused-ring (bicyclic) bond motifs is 1. The van der Waals surface area contributed by atoms with Crippen LogP contribution in [0.4, 0.5) is 13.2 Å². The number of imidazole rings is 1. The molecule has 11 heteroatoms. The number of nitrogens with zero attached hydrogens (tertiary/aromatic N) is 4. The summed E-state index contributed by atoms with van der Waals surface area (Å²) in [5, 5.41) is 0.923. The van der Waals surface area contributed by atoms with Gasteiger partial charge in [0, 0.05) is 40.3 Å². The minimum atomic E-state index is -4.99. The summed E-state index contributed by atoms with van der Waals surface area (Å²) in [6, 6.07) is 15.7. The van der Waals surface area contributed by atoms with Gasteiger partial charge in [-0.1, -0.05) is 47.5 Å². The lowest BCUT2D eigenvalue weighted by Crippen LogP contribution is -2.41. The molecule has 0 saturated heterocycles. The van der Waals surface area contributed by atoms with Gasteiger partial charge in [0.2, 0.25) is 0 Å². The van der Waals surface area contributed by atoms with E-state index < -0.39 is 23.0 Å². The van der Waals surface area contributed by atoms with E-state index in [1.54, 1.807) is 72.7 Å². The standard InChI is InChI=1S/C26H18Cl2F3N5O/c1-35-14-33-13-22(35)25(32,16-5-7-18(27)8-6-16)17-10-21-20(15-3-2-4-19(28)9-15)11-23(37)36(26(29,30)31)24(21)34-12-17/h2-14H,32H2,1H3/t25-/m1/s1. The van der Waals surface area contributed by atoms with Crippen molar-refractivity contribution in [3.05, 3.63) is 117 Å². The molecule has 0 aliphatic carbocycles. The predicted molar refractivity (Wildman–Crippen MR) is 136 cm³/mol. The Bertz CT molecular complexity index is 1700. The number of hydrogen-bond donors (Lipinski definition) is 1. The van der Waals surface area contributed by atoms with Crippen LogP contribution in [0.5, 0.6) is 0 Å². The minimum absolute atomic E-state index is 0.0719. The van der Waals surface area contributed by atoms with Crippen molar-refractivity contribution in [3.8, 4) is 11.1 Å². The average Bonchev–Trinajstić information content (AvgIpc) is 3.28. The van der Waals surface area contributed by atoms with Gasteiger partial charge in [0.1, 0.15) is 5.54 Å². The first-order valence-electron chi connectivity index (χ1n) is 10.9. The Morgan fingerprint density at radius 1 is 0.919 bits per heavy atom. The molecule has 5 rings (SSSR count). The van der Waals surface area contributed by atoms with Crippen molar-refractivity contribution in [2.45, 2.75) is 11.8 Å². The Labute approximate surface area is 218 Å². The molecule has 188 valence electrons. The number of aryl methyl sites for hydroxylation is 1. The highest BCUT2D eigenvalue weighted by Gasteiger charge is 2.38. The van der Waals surface area contributed by atoms with Crippen molar-refractivity contribution in [3.63, 3.8) is 0 Å². The highest BCUT2D eigenvalue weighted by atomic mass is 35.5. The van der Waals surface area contributed by atoms with Gasteiger partial charge in [-0.05, 0) is 47.0 Å². The topological polar surface area (TPSA) is 78.7 Å². The van der Waals surface area contributed by atoms with Crippen molar-refractivity contribution in [1.29, 1.82) is 0 Å². The van der Waals surface area contributed by atoms with E-state index in [1.807, 2.05) is 0 Å². The van der Waals surface area contributed by atoms with Crippen LogP contribution in [-0.2, 0) is 18.9 Å². The van der Waals surface area contributed by atoms with Gasteiger partial charge in [-0.2, -0.15) is 0 Å². The number of pyridine rings is 2. The van der Waals surface area contributed by atoms with Crippen LogP contribution in [0.3, 0.4) is 0 Å². The second kappa shape index (κ2) is 9.02. The van der Waals surface area contributed by atoms with E-state index in [0.717, 1.165) is 6.07 Å². The molecule has 0 aliphatic rings. The Hall–Kier alpha value is -3.66. The van der Waals surface area contributed by atoms with Crippen LogP contribution in [0.15, 0.2) is 84.2 Å². The SMILES string of the molecule is Cn1cncc1[C@@](N)(c1ccc(Cl)cc1)c1cnc2c(c1)c(-c1cccc(Cl)c1)cc(=O)n2C(F)(F)F. The number of benzene rings is 2. The zero-order valence-electron chi connectivity index (χ0n) is 19.2. The number of alkyl halides is 3.